The first-order chi connectivity index (χ1) is 10.5. The molecule has 0 aromatic heterocycles. The summed E-state index contributed by atoms with van der Waals surface area (Å²) in [5.41, 5.74) is 2.46. The second-order valence-electron chi connectivity index (χ2n) is 8.91. The first kappa shape index (κ1) is 15.3. The predicted molar refractivity (Wildman–Crippen MR) is 94.0 cm³/mol. The van der Waals surface area contributed by atoms with Crippen LogP contribution in [0.3, 0.4) is 0 Å². The Kier molecular flexibility index (Phi) is 3.57. The van der Waals surface area contributed by atoms with Gasteiger partial charge in [0.2, 0.25) is 0 Å². The van der Waals surface area contributed by atoms with Gasteiger partial charge in [-0.25, -0.2) is 0 Å². The van der Waals surface area contributed by atoms with Crippen LogP contribution < -0.4 is 0 Å². The molecule has 0 bridgehead atoms. The molecule has 0 N–H and O–H groups in total. The number of hydrogen-bond acceptors (Lipinski definition) is 2. The normalized spacial score (nSPS) is 50.9. The van der Waals surface area contributed by atoms with Gasteiger partial charge in [-0.1, -0.05) is 25.8 Å². The standard InChI is InChI=1S/C20H30OS/c1-19-8-4-5-15(19)18-16(7-9-19)20(2)10-6-14(21)11-13(20)12-17(18)22-3/h11,15-18H,4-10,12H2,1-3H3/t15-,16-,17+,18-,19-,20-/m0/s1. The lowest BCUT2D eigenvalue weighted by Crippen LogP contribution is -2.53. The fourth-order valence-corrected chi connectivity index (χ4v) is 7.77. The fourth-order valence-electron chi connectivity index (χ4n) is 6.73. The fraction of sp³-hybridized carbons (Fsp3) is 0.850. The second-order valence-corrected chi connectivity index (χ2v) is 9.98. The summed E-state index contributed by atoms with van der Waals surface area (Å²) >= 11 is 2.08. The number of carbonyl (C=O) groups excluding carboxylic acids is 1. The van der Waals surface area contributed by atoms with E-state index in [4.69, 9.17) is 0 Å². The average molecular weight is 319 g/mol. The zero-order valence-corrected chi connectivity index (χ0v) is 15.2. The molecule has 1 nitrogen and oxygen atoms in total. The summed E-state index contributed by atoms with van der Waals surface area (Å²) in [5.74, 6) is 3.05. The Hall–Kier alpha value is -0.240. The Morgan fingerprint density at radius 1 is 1.14 bits per heavy atom. The second kappa shape index (κ2) is 5.13. The molecule has 3 fully saturated rings. The SMILES string of the molecule is CS[C@@H]1CC2=CC(=O)CC[C@]2(C)[C@H]2CC[C@]3(C)CCC[C@H]3[C@H]12. The van der Waals surface area contributed by atoms with Gasteiger partial charge >= 0.3 is 0 Å². The van der Waals surface area contributed by atoms with Crippen LogP contribution in [0.15, 0.2) is 11.6 Å². The van der Waals surface area contributed by atoms with Gasteiger partial charge in [0, 0.05) is 11.7 Å². The van der Waals surface area contributed by atoms with Crippen LogP contribution in [-0.2, 0) is 4.79 Å². The van der Waals surface area contributed by atoms with Crippen molar-refractivity contribution in [3.8, 4) is 0 Å². The molecule has 3 saturated carbocycles. The highest BCUT2D eigenvalue weighted by atomic mass is 32.2. The van der Waals surface area contributed by atoms with Crippen molar-refractivity contribution in [3.63, 3.8) is 0 Å². The van der Waals surface area contributed by atoms with Crippen LogP contribution in [0, 0.1) is 28.6 Å². The van der Waals surface area contributed by atoms with Crippen LogP contribution in [0.1, 0.15) is 65.2 Å². The van der Waals surface area contributed by atoms with Crippen LogP contribution in [-0.4, -0.2) is 17.3 Å². The van der Waals surface area contributed by atoms with Crippen molar-refractivity contribution < 1.29 is 4.79 Å². The first-order valence-corrected chi connectivity index (χ1v) is 10.5. The number of thioether (sulfide) groups is 1. The van der Waals surface area contributed by atoms with Crippen molar-refractivity contribution in [1.82, 2.24) is 0 Å². The summed E-state index contributed by atoms with van der Waals surface area (Å²) in [7, 11) is 0. The molecule has 4 rings (SSSR count). The lowest BCUT2D eigenvalue weighted by atomic mass is 9.47. The largest absolute Gasteiger partial charge is 0.295 e. The zero-order chi connectivity index (χ0) is 15.5. The van der Waals surface area contributed by atoms with Gasteiger partial charge in [0.1, 0.15) is 0 Å². The Morgan fingerprint density at radius 2 is 1.95 bits per heavy atom. The van der Waals surface area contributed by atoms with E-state index >= 15 is 0 Å². The highest BCUT2D eigenvalue weighted by molar-refractivity contribution is 7.99. The molecule has 2 heteroatoms. The van der Waals surface area contributed by atoms with E-state index in [1.54, 1.807) is 0 Å². The van der Waals surface area contributed by atoms with Gasteiger partial charge in [0.15, 0.2) is 5.78 Å². The quantitative estimate of drug-likeness (QED) is 0.657. The van der Waals surface area contributed by atoms with Crippen molar-refractivity contribution in [3.05, 3.63) is 11.6 Å². The Bertz CT molecular complexity index is 524. The summed E-state index contributed by atoms with van der Waals surface area (Å²) in [5, 5.41) is 0.748. The third-order valence-electron chi connectivity index (χ3n) is 8.04. The van der Waals surface area contributed by atoms with Gasteiger partial charge in [-0.3, -0.25) is 4.79 Å². The molecule has 0 unspecified atom stereocenters. The maximum atomic E-state index is 12.0. The monoisotopic (exact) mass is 318 g/mol. The maximum Gasteiger partial charge on any atom is 0.155 e. The van der Waals surface area contributed by atoms with Crippen LogP contribution in [0.25, 0.3) is 0 Å². The first-order valence-electron chi connectivity index (χ1n) is 9.25. The van der Waals surface area contributed by atoms with Crippen molar-refractivity contribution in [2.75, 3.05) is 6.26 Å². The maximum absolute atomic E-state index is 12.0. The smallest absolute Gasteiger partial charge is 0.155 e. The molecule has 0 radical (unpaired) electrons. The van der Waals surface area contributed by atoms with Gasteiger partial charge in [-0.05, 0) is 79.4 Å². The predicted octanol–water partition coefficient (Wildman–Crippen LogP) is 5.25. The molecule has 4 aliphatic carbocycles. The molecule has 0 aromatic rings. The van der Waals surface area contributed by atoms with E-state index in [0.29, 0.717) is 16.6 Å². The van der Waals surface area contributed by atoms with Crippen LogP contribution in [0.5, 0.6) is 0 Å². The van der Waals surface area contributed by atoms with E-state index < -0.39 is 0 Å². The van der Waals surface area contributed by atoms with E-state index in [2.05, 4.69) is 31.9 Å². The summed E-state index contributed by atoms with van der Waals surface area (Å²) in [6.45, 7) is 5.08. The van der Waals surface area contributed by atoms with Crippen LogP contribution in [0.4, 0.5) is 0 Å². The zero-order valence-electron chi connectivity index (χ0n) is 14.4. The summed E-state index contributed by atoms with van der Waals surface area (Å²) in [6, 6.07) is 0. The van der Waals surface area contributed by atoms with E-state index in [9.17, 15) is 4.79 Å². The van der Waals surface area contributed by atoms with E-state index in [-0.39, 0.29) is 0 Å². The Labute approximate surface area is 139 Å². The number of fused-ring (bicyclic) bond motifs is 5. The third kappa shape index (κ3) is 2.01. The molecule has 0 amide bonds. The minimum absolute atomic E-state index is 0.328. The lowest BCUT2D eigenvalue weighted by Gasteiger charge is -2.59. The molecule has 4 aliphatic rings. The number of hydrogen-bond donors (Lipinski definition) is 0. The van der Waals surface area contributed by atoms with Crippen LogP contribution in [0.2, 0.25) is 0 Å². The number of allylic oxidation sites excluding steroid dienone is 1. The topological polar surface area (TPSA) is 17.1 Å². The third-order valence-corrected chi connectivity index (χ3v) is 9.13. The highest BCUT2D eigenvalue weighted by Crippen LogP contribution is 2.66. The molecule has 22 heavy (non-hydrogen) atoms. The Balaban J connectivity index is 1.75. The molecule has 0 heterocycles. The number of ketones is 1. The molecule has 0 saturated heterocycles. The molecule has 0 aromatic carbocycles. The van der Waals surface area contributed by atoms with Gasteiger partial charge in [0.25, 0.3) is 0 Å². The minimum atomic E-state index is 0.328. The Morgan fingerprint density at radius 3 is 2.73 bits per heavy atom. The molecular formula is C20H30OS. The van der Waals surface area contributed by atoms with Gasteiger partial charge in [-0.2, -0.15) is 11.8 Å². The summed E-state index contributed by atoms with van der Waals surface area (Å²) in [4.78, 5) is 12.0. The van der Waals surface area contributed by atoms with Crippen molar-refractivity contribution in [2.24, 2.45) is 28.6 Å². The van der Waals surface area contributed by atoms with Gasteiger partial charge in [-0.15, -0.1) is 0 Å². The molecular weight excluding hydrogens is 288 g/mol. The number of carbonyl (C=O) groups is 1. The summed E-state index contributed by atoms with van der Waals surface area (Å²) in [6.07, 6.45) is 14.6. The van der Waals surface area contributed by atoms with E-state index in [0.717, 1.165) is 35.8 Å². The highest BCUT2D eigenvalue weighted by Gasteiger charge is 2.58. The molecule has 122 valence electrons. The van der Waals surface area contributed by atoms with Gasteiger partial charge < -0.3 is 0 Å². The van der Waals surface area contributed by atoms with Crippen molar-refractivity contribution in [1.29, 1.82) is 0 Å². The summed E-state index contributed by atoms with van der Waals surface area (Å²) < 4.78 is 0. The minimum Gasteiger partial charge on any atom is -0.295 e. The lowest BCUT2D eigenvalue weighted by molar-refractivity contribution is -0.117. The van der Waals surface area contributed by atoms with E-state index in [1.807, 2.05) is 6.08 Å². The van der Waals surface area contributed by atoms with Crippen molar-refractivity contribution in [2.45, 2.75) is 70.5 Å². The molecule has 6 atom stereocenters. The van der Waals surface area contributed by atoms with E-state index in [1.165, 1.54) is 44.1 Å². The van der Waals surface area contributed by atoms with Crippen molar-refractivity contribution >= 4 is 17.5 Å². The molecule has 0 spiro atoms. The molecule has 0 aliphatic heterocycles. The number of rotatable bonds is 1. The van der Waals surface area contributed by atoms with Gasteiger partial charge in [0.05, 0.1) is 0 Å². The van der Waals surface area contributed by atoms with Crippen LogP contribution >= 0.6 is 11.8 Å². The average Bonchev–Trinajstić information content (AvgIpc) is 2.89.